The van der Waals surface area contributed by atoms with Gasteiger partial charge >= 0.3 is 0 Å². The van der Waals surface area contributed by atoms with E-state index < -0.39 is 31.6 Å². The minimum Gasteiger partial charge on any atom is -0.394 e. The lowest BCUT2D eigenvalue weighted by molar-refractivity contribution is -0.150. The normalized spacial score (nSPS) is 29.0. The molecule has 4 heterocycles. The van der Waals surface area contributed by atoms with E-state index >= 15 is 4.11 Å². The molecule has 2 aromatic rings. The SMILES string of the molecule is C[C@H]1[C@H]([Si](C)(C)F)[C@@H](CC(=O)N2CCC[C@H]2CO)O[C@]12C(=O)N(Cc1cccc(N3CCC3=O)c1)c1ccc(Cl)cc12. The van der Waals surface area contributed by atoms with E-state index in [0.717, 1.165) is 24.1 Å². The molecule has 224 valence electrons. The minimum atomic E-state index is -3.45. The Morgan fingerprint density at radius 1 is 1.19 bits per heavy atom. The van der Waals surface area contributed by atoms with Crippen molar-refractivity contribution in [3.63, 3.8) is 0 Å². The van der Waals surface area contributed by atoms with E-state index in [9.17, 15) is 19.5 Å². The van der Waals surface area contributed by atoms with Gasteiger partial charge in [-0.15, -0.1) is 0 Å². The van der Waals surface area contributed by atoms with E-state index in [-0.39, 0.29) is 43.3 Å². The number of ether oxygens (including phenoxy) is 1. The molecule has 42 heavy (non-hydrogen) atoms. The number of aliphatic hydroxyl groups excluding tert-OH is 1. The third kappa shape index (κ3) is 4.67. The second kappa shape index (κ2) is 10.7. The maximum atomic E-state index is 16.1. The van der Waals surface area contributed by atoms with E-state index in [1.807, 2.05) is 31.2 Å². The van der Waals surface area contributed by atoms with Gasteiger partial charge in [-0.3, -0.25) is 14.4 Å². The van der Waals surface area contributed by atoms with Gasteiger partial charge < -0.3 is 28.7 Å². The van der Waals surface area contributed by atoms with Gasteiger partial charge in [0.15, 0.2) is 5.60 Å². The average Bonchev–Trinajstić information content (AvgIpc) is 3.58. The smallest absolute Gasteiger partial charge is 0.264 e. The number of rotatable bonds is 7. The third-order valence-electron chi connectivity index (χ3n) is 9.62. The minimum absolute atomic E-state index is 0.0529. The molecule has 5 atom stereocenters. The lowest BCUT2D eigenvalue weighted by Gasteiger charge is -2.32. The first kappa shape index (κ1) is 29.3. The summed E-state index contributed by atoms with van der Waals surface area (Å²) < 4.78 is 22.8. The molecule has 8 nitrogen and oxygen atoms in total. The predicted molar refractivity (Wildman–Crippen MR) is 161 cm³/mol. The molecule has 4 aliphatic rings. The number of carbonyl (C=O) groups excluding carboxylic acids is 3. The van der Waals surface area contributed by atoms with Crippen molar-refractivity contribution >= 4 is 49.1 Å². The highest BCUT2D eigenvalue weighted by molar-refractivity contribution is 6.72. The van der Waals surface area contributed by atoms with Crippen LogP contribution in [-0.4, -0.2) is 68.0 Å². The first-order valence-corrected chi connectivity index (χ1v) is 18.1. The molecule has 11 heteroatoms. The molecular formula is C31H37ClFN3O5Si. The van der Waals surface area contributed by atoms with Gasteiger partial charge in [0, 0.05) is 47.2 Å². The van der Waals surface area contributed by atoms with Crippen LogP contribution in [0.15, 0.2) is 42.5 Å². The Bertz CT molecular complexity index is 1440. The molecule has 0 bridgehead atoms. The number of nitrogens with zero attached hydrogens (tertiary/aromatic N) is 3. The van der Waals surface area contributed by atoms with Crippen molar-refractivity contribution in [1.82, 2.24) is 4.90 Å². The van der Waals surface area contributed by atoms with Gasteiger partial charge in [-0.2, -0.15) is 0 Å². The van der Waals surface area contributed by atoms with Crippen LogP contribution < -0.4 is 9.80 Å². The molecule has 3 amide bonds. The summed E-state index contributed by atoms with van der Waals surface area (Å²) in [6.45, 7) is 6.41. The quantitative estimate of drug-likeness (QED) is 0.276. The summed E-state index contributed by atoms with van der Waals surface area (Å²) in [6.07, 6.45) is 1.21. The topological polar surface area (TPSA) is 90.4 Å². The number of anilines is 2. The summed E-state index contributed by atoms with van der Waals surface area (Å²) in [5.74, 6) is -0.963. The largest absolute Gasteiger partial charge is 0.394 e. The Labute approximate surface area is 251 Å². The van der Waals surface area contributed by atoms with Crippen LogP contribution in [0, 0.1) is 5.92 Å². The lowest BCUT2D eigenvalue weighted by atomic mass is 9.82. The van der Waals surface area contributed by atoms with Crippen molar-refractivity contribution in [1.29, 1.82) is 0 Å². The van der Waals surface area contributed by atoms with Crippen molar-refractivity contribution in [3.8, 4) is 0 Å². The highest BCUT2D eigenvalue weighted by Crippen LogP contribution is 2.60. The summed E-state index contributed by atoms with van der Waals surface area (Å²) in [6, 6.07) is 12.6. The summed E-state index contributed by atoms with van der Waals surface area (Å²) in [5, 5.41) is 10.2. The number of hydrogen-bond acceptors (Lipinski definition) is 5. The van der Waals surface area contributed by atoms with Gasteiger partial charge in [0.25, 0.3) is 5.91 Å². The zero-order valence-corrected chi connectivity index (χ0v) is 25.9. The lowest BCUT2D eigenvalue weighted by Crippen LogP contribution is -2.45. The Hall–Kier alpha value is -2.79. The van der Waals surface area contributed by atoms with E-state index in [2.05, 4.69) is 0 Å². The number of benzene rings is 2. The highest BCUT2D eigenvalue weighted by atomic mass is 35.5. The summed E-state index contributed by atoms with van der Waals surface area (Å²) in [4.78, 5) is 45.1. The number of carbonyl (C=O) groups is 3. The molecule has 0 aromatic heterocycles. The molecule has 1 spiro atoms. The van der Waals surface area contributed by atoms with E-state index in [1.165, 1.54) is 0 Å². The van der Waals surface area contributed by atoms with Crippen LogP contribution in [0.4, 0.5) is 15.5 Å². The fourth-order valence-electron chi connectivity index (χ4n) is 7.61. The number of β-lactam (4-membered cyclic amide) rings is 1. The molecule has 6 rings (SSSR count). The van der Waals surface area contributed by atoms with Crippen LogP contribution >= 0.6 is 11.6 Å². The molecule has 0 unspecified atom stereocenters. The van der Waals surface area contributed by atoms with Crippen LogP contribution in [-0.2, 0) is 31.3 Å². The molecule has 3 saturated heterocycles. The standard InChI is InChI=1S/C31H37ClFN3O5Si/c1-19-29(42(2,3)33)26(16-28(39)34-12-5-8-23(34)18-37)41-31(19)24-15-21(32)9-10-25(24)36(30(31)40)17-20-6-4-7-22(14-20)35-13-11-27(35)38/h4,6-7,9-10,14-15,19,23,26,29,37H,5,8,11-13,16-18H2,1-3H3/t19-,23-,26+,29-,31+/m0/s1. The van der Waals surface area contributed by atoms with Crippen LogP contribution in [0.1, 0.15) is 43.7 Å². The number of aliphatic hydroxyl groups is 1. The zero-order chi connectivity index (χ0) is 30.0. The van der Waals surface area contributed by atoms with Gasteiger partial charge in [-0.25, -0.2) is 0 Å². The Morgan fingerprint density at radius 3 is 2.64 bits per heavy atom. The van der Waals surface area contributed by atoms with Crippen LogP contribution in [0.2, 0.25) is 23.7 Å². The van der Waals surface area contributed by atoms with Gasteiger partial charge in [0.2, 0.25) is 20.2 Å². The fourth-order valence-corrected chi connectivity index (χ4v) is 10.3. The van der Waals surface area contributed by atoms with Gasteiger partial charge in [-0.05, 0) is 61.8 Å². The summed E-state index contributed by atoms with van der Waals surface area (Å²) >= 11 is 6.47. The van der Waals surface area contributed by atoms with E-state index in [4.69, 9.17) is 16.3 Å². The molecule has 4 aliphatic heterocycles. The van der Waals surface area contributed by atoms with Gasteiger partial charge in [0.05, 0.1) is 37.4 Å². The Kier molecular flexibility index (Phi) is 7.48. The number of amides is 3. The second-order valence-electron chi connectivity index (χ2n) is 12.6. The highest BCUT2D eigenvalue weighted by Gasteiger charge is 2.67. The van der Waals surface area contributed by atoms with E-state index in [0.29, 0.717) is 35.8 Å². The van der Waals surface area contributed by atoms with Crippen molar-refractivity contribution in [2.75, 3.05) is 29.5 Å². The van der Waals surface area contributed by atoms with Crippen LogP contribution in [0.25, 0.3) is 0 Å². The first-order valence-electron chi connectivity index (χ1n) is 14.7. The molecule has 0 saturated carbocycles. The number of fused-ring (bicyclic) bond motifs is 2. The van der Waals surface area contributed by atoms with Gasteiger partial charge in [0.1, 0.15) is 0 Å². The Morgan fingerprint density at radius 2 is 1.98 bits per heavy atom. The average molecular weight is 614 g/mol. The molecular weight excluding hydrogens is 577 g/mol. The predicted octanol–water partition coefficient (Wildman–Crippen LogP) is 4.77. The zero-order valence-electron chi connectivity index (χ0n) is 24.2. The molecule has 1 N–H and O–H groups in total. The maximum absolute atomic E-state index is 16.1. The van der Waals surface area contributed by atoms with E-state index in [1.54, 1.807) is 46.0 Å². The second-order valence-corrected chi connectivity index (χ2v) is 16.8. The summed E-state index contributed by atoms with van der Waals surface area (Å²) in [7, 11) is -3.45. The Balaban J connectivity index is 1.35. The van der Waals surface area contributed by atoms with Crippen LogP contribution in [0.3, 0.4) is 0 Å². The molecule has 0 aliphatic carbocycles. The first-order chi connectivity index (χ1) is 20.0. The number of hydrogen-bond donors (Lipinski definition) is 1. The van der Waals surface area contributed by atoms with Gasteiger partial charge in [-0.1, -0.05) is 30.7 Å². The van der Waals surface area contributed by atoms with Crippen molar-refractivity contribution in [2.24, 2.45) is 5.92 Å². The number of halogens is 2. The third-order valence-corrected chi connectivity index (χ3v) is 12.3. The van der Waals surface area contributed by atoms with Crippen molar-refractivity contribution in [2.45, 2.75) is 75.5 Å². The van der Waals surface area contributed by atoms with Crippen molar-refractivity contribution in [3.05, 3.63) is 58.6 Å². The maximum Gasteiger partial charge on any atom is 0.264 e. The van der Waals surface area contributed by atoms with Crippen LogP contribution in [0.5, 0.6) is 0 Å². The fraction of sp³-hybridized carbons (Fsp3) is 0.516. The molecule has 2 aromatic carbocycles. The summed E-state index contributed by atoms with van der Waals surface area (Å²) in [5.41, 5.74) is 0.766. The monoisotopic (exact) mass is 613 g/mol. The molecule has 0 radical (unpaired) electrons. The molecule has 3 fully saturated rings. The number of likely N-dealkylation sites (tertiary alicyclic amines) is 1. The van der Waals surface area contributed by atoms with Crippen molar-refractivity contribution < 1.29 is 28.3 Å².